The minimum Gasteiger partial charge on any atom is -0.335 e. The third kappa shape index (κ3) is 2.44. The molecule has 0 bridgehead atoms. The minimum absolute atomic E-state index is 0.0723. The fourth-order valence-corrected chi connectivity index (χ4v) is 3.49. The van der Waals surface area contributed by atoms with Gasteiger partial charge in [0.05, 0.1) is 11.0 Å². The Morgan fingerprint density at radius 2 is 1.29 bits per heavy atom. The smallest absolute Gasteiger partial charge is 0.197 e. The van der Waals surface area contributed by atoms with E-state index in [1.807, 2.05) is 36.4 Å². The molecule has 4 heteroatoms. The quantitative estimate of drug-likeness (QED) is 0.454. The first kappa shape index (κ1) is 14.8. The van der Waals surface area contributed by atoms with Gasteiger partial charge in [0, 0.05) is 25.3 Å². The maximum Gasteiger partial charge on any atom is 0.197 e. The summed E-state index contributed by atoms with van der Waals surface area (Å²) in [7, 11) is 0. The molecule has 108 valence electrons. The molecule has 0 aliphatic rings. The lowest BCUT2D eigenvalue weighted by Crippen LogP contribution is -2.25. The SMILES string of the molecule is CC(C)(C)n1c2ccc(Br)cc2c(=O)c2cc(Br)ccc21. The van der Waals surface area contributed by atoms with Gasteiger partial charge >= 0.3 is 0 Å². The molecule has 0 saturated heterocycles. The highest BCUT2D eigenvalue weighted by molar-refractivity contribution is 9.10. The van der Waals surface area contributed by atoms with Crippen molar-refractivity contribution in [1.82, 2.24) is 4.57 Å². The van der Waals surface area contributed by atoms with E-state index in [-0.39, 0.29) is 11.0 Å². The summed E-state index contributed by atoms with van der Waals surface area (Å²) in [5.74, 6) is 0. The van der Waals surface area contributed by atoms with Crippen LogP contribution in [0.15, 0.2) is 50.1 Å². The van der Waals surface area contributed by atoms with Gasteiger partial charge in [0.1, 0.15) is 0 Å². The van der Waals surface area contributed by atoms with E-state index in [1.54, 1.807) is 0 Å². The maximum absolute atomic E-state index is 12.8. The first-order valence-corrected chi connectivity index (χ1v) is 8.31. The predicted octanol–water partition coefficient (Wildman–Crippen LogP) is 5.43. The van der Waals surface area contributed by atoms with E-state index in [0.29, 0.717) is 0 Å². The number of hydrogen-bond donors (Lipinski definition) is 0. The monoisotopic (exact) mass is 407 g/mol. The molecule has 1 heterocycles. The Bertz CT molecular complexity index is 854. The molecule has 0 aliphatic heterocycles. The molecule has 0 radical (unpaired) electrons. The van der Waals surface area contributed by atoms with Crippen LogP contribution in [0.3, 0.4) is 0 Å². The van der Waals surface area contributed by atoms with Gasteiger partial charge in [-0.2, -0.15) is 0 Å². The summed E-state index contributed by atoms with van der Waals surface area (Å²) in [5.41, 5.74) is 1.88. The first-order chi connectivity index (χ1) is 9.79. The molecule has 0 amide bonds. The molecule has 0 atom stereocenters. The number of halogens is 2. The van der Waals surface area contributed by atoms with Crippen LogP contribution in [0.5, 0.6) is 0 Å². The van der Waals surface area contributed by atoms with Crippen molar-refractivity contribution in [3.8, 4) is 0 Å². The maximum atomic E-state index is 12.8. The Morgan fingerprint density at radius 3 is 1.67 bits per heavy atom. The third-order valence-electron chi connectivity index (χ3n) is 3.56. The second-order valence-corrected chi connectivity index (χ2v) is 7.99. The molecule has 0 saturated carbocycles. The van der Waals surface area contributed by atoms with Gasteiger partial charge in [0.25, 0.3) is 0 Å². The van der Waals surface area contributed by atoms with Gasteiger partial charge in [-0.1, -0.05) is 31.9 Å². The van der Waals surface area contributed by atoms with Crippen molar-refractivity contribution < 1.29 is 0 Å². The number of fused-ring (bicyclic) bond motifs is 2. The van der Waals surface area contributed by atoms with Crippen LogP contribution in [0.2, 0.25) is 0 Å². The van der Waals surface area contributed by atoms with E-state index in [2.05, 4.69) is 57.2 Å². The lowest BCUT2D eigenvalue weighted by atomic mass is 10.0. The van der Waals surface area contributed by atoms with Crippen LogP contribution >= 0.6 is 31.9 Å². The zero-order valence-electron chi connectivity index (χ0n) is 12.1. The van der Waals surface area contributed by atoms with E-state index in [9.17, 15) is 4.79 Å². The fraction of sp³-hybridized carbons (Fsp3) is 0.235. The fourth-order valence-electron chi connectivity index (χ4n) is 2.77. The second kappa shape index (κ2) is 4.96. The summed E-state index contributed by atoms with van der Waals surface area (Å²) >= 11 is 6.93. The first-order valence-electron chi connectivity index (χ1n) is 6.73. The Hall–Kier alpha value is -1.13. The topological polar surface area (TPSA) is 22.0 Å². The van der Waals surface area contributed by atoms with E-state index in [0.717, 1.165) is 30.8 Å². The third-order valence-corrected chi connectivity index (χ3v) is 4.55. The van der Waals surface area contributed by atoms with Gasteiger partial charge in [0.2, 0.25) is 0 Å². The van der Waals surface area contributed by atoms with Crippen molar-refractivity contribution in [2.75, 3.05) is 0 Å². The standard InChI is InChI=1S/C17H15Br2NO/c1-17(2,3)20-14-6-4-10(18)8-12(14)16(21)13-9-11(19)5-7-15(13)20/h4-9H,1-3H3. The number of rotatable bonds is 0. The lowest BCUT2D eigenvalue weighted by molar-refractivity contribution is 0.421. The average molecular weight is 409 g/mol. The molecule has 0 fully saturated rings. The summed E-state index contributed by atoms with van der Waals surface area (Å²) < 4.78 is 4.07. The van der Waals surface area contributed by atoms with Gasteiger partial charge in [-0.3, -0.25) is 4.79 Å². The summed E-state index contributed by atoms with van der Waals surface area (Å²) in [6.07, 6.45) is 0. The van der Waals surface area contributed by atoms with Crippen molar-refractivity contribution in [2.45, 2.75) is 26.3 Å². The largest absolute Gasteiger partial charge is 0.335 e. The molecule has 0 N–H and O–H groups in total. The minimum atomic E-state index is -0.119. The van der Waals surface area contributed by atoms with Crippen LogP contribution in [0.1, 0.15) is 20.8 Å². The van der Waals surface area contributed by atoms with E-state index < -0.39 is 0 Å². The highest BCUT2D eigenvalue weighted by atomic mass is 79.9. The van der Waals surface area contributed by atoms with Crippen LogP contribution in [-0.4, -0.2) is 4.57 Å². The molecule has 0 unspecified atom stereocenters. The van der Waals surface area contributed by atoms with Crippen LogP contribution in [0, 0.1) is 0 Å². The number of pyridine rings is 1. The Balaban J connectivity index is 2.67. The summed E-state index contributed by atoms with van der Waals surface area (Å²) in [5, 5.41) is 1.48. The number of aromatic nitrogens is 1. The molecule has 3 rings (SSSR count). The summed E-state index contributed by atoms with van der Waals surface area (Å²) in [6.45, 7) is 6.46. The van der Waals surface area contributed by atoms with Crippen molar-refractivity contribution in [1.29, 1.82) is 0 Å². The average Bonchev–Trinajstić information content (AvgIpc) is 2.39. The molecular formula is C17H15Br2NO. The van der Waals surface area contributed by atoms with Gasteiger partial charge in [-0.15, -0.1) is 0 Å². The molecule has 3 aromatic rings. The lowest BCUT2D eigenvalue weighted by Gasteiger charge is -2.28. The molecular weight excluding hydrogens is 394 g/mol. The molecule has 2 nitrogen and oxygen atoms in total. The van der Waals surface area contributed by atoms with E-state index in [4.69, 9.17) is 0 Å². The zero-order valence-corrected chi connectivity index (χ0v) is 15.2. The van der Waals surface area contributed by atoms with E-state index in [1.165, 1.54) is 0 Å². The Kier molecular flexibility index (Phi) is 3.49. The van der Waals surface area contributed by atoms with Crippen LogP contribution < -0.4 is 5.43 Å². The summed E-state index contributed by atoms with van der Waals surface area (Å²) in [6, 6.07) is 11.8. The number of benzene rings is 2. The van der Waals surface area contributed by atoms with Crippen LogP contribution in [-0.2, 0) is 5.54 Å². The molecule has 2 aromatic carbocycles. The van der Waals surface area contributed by atoms with E-state index >= 15 is 0 Å². The Morgan fingerprint density at radius 1 is 0.857 bits per heavy atom. The highest BCUT2D eigenvalue weighted by Crippen LogP contribution is 2.29. The van der Waals surface area contributed by atoms with Crippen molar-refractivity contribution in [2.24, 2.45) is 0 Å². The molecule has 21 heavy (non-hydrogen) atoms. The summed E-state index contributed by atoms with van der Waals surface area (Å²) in [4.78, 5) is 12.8. The predicted molar refractivity (Wildman–Crippen MR) is 96.1 cm³/mol. The second-order valence-electron chi connectivity index (χ2n) is 6.16. The van der Waals surface area contributed by atoms with Crippen LogP contribution in [0.25, 0.3) is 21.8 Å². The number of nitrogens with zero attached hydrogens (tertiary/aromatic N) is 1. The molecule has 0 spiro atoms. The van der Waals surface area contributed by atoms with Gasteiger partial charge in [-0.05, 0) is 57.2 Å². The van der Waals surface area contributed by atoms with Gasteiger partial charge in [0.15, 0.2) is 5.43 Å². The normalized spacial score (nSPS) is 12.2. The van der Waals surface area contributed by atoms with Crippen LogP contribution in [0.4, 0.5) is 0 Å². The number of hydrogen-bond acceptors (Lipinski definition) is 1. The zero-order chi connectivity index (χ0) is 15.4. The highest BCUT2D eigenvalue weighted by Gasteiger charge is 2.20. The van der Waals surface area contributed by atoms with Crippen molar-refractivity contribution in [3.63, 3.8) is 0 Å². The molecule has 1 aromatic heterocycles. The van der Waals surface area contributed by atoms with Crippen molar-refractivity contribution in [3.05, 3.63) is 55.6 Å². The molecule has 0 aliphatic carbocycles. The van der Waals surface area contributed by atoms with Gasteiger partial charge < -0.3 is 4.57 Å². The Labute approximate surface area is 140 Å². The van der Waals surface area contributed by atoms with Crippen molar-refractivity contribution >= 4 is 53.7 Å². The van der Waals surface area contributed by atoms with Gasteiger partial charge in [-0.25, -0.2) is 0 Å².